The number of nitrogens with zero attached hydrogens (tertiary/aromatic N) is 2. The maximum absolute atomic E-state index is 12.9. The molecule has 1 saturated heterocycles. The fourth-order valence-electron chi connectivity index (χ4n) is 3.17. The smallest absolute Gasteiger partial charge is 0.336 e. The van der Waals surface area contributed by atoms with Crippen molar-refractivity contribution in [2.75, 3.05) is 26.2 Å². The van der Waals surface area contributed by atoms with Crippen LogP contribution in [0.5, 0.6) is 0 Å². The Morgan fingerprint density at radius 1 is 0.931 bits per heavy atom. The molecule has 5 nitrogen and oxygen atoms in total. The number of piperazine rings is 1. The van der Waals surface area contributed by atoms with Crippen LogP contribution in [-0.4, -0.2) is 49.7 Å². The first-order valence-corrected chi connectivity index (χ1v) is 10.5. The first-order valence-electron chi connectivity index (χ1n) is 9.04. The van der Waals surface area contributed by atoms with Gasteiger partial charge in [0.15, 0.2) is 0 Å². The van der Waals surface area contributed by atoms with E-state index < -0.39 is 26.7 Å². The third kappa shape index (κ3) is 4.45. The molecule has 0 spiro atoms. The van der Waals surface area contributed by atoms with E-state index in [1.54, 1.807) is 17.0 Å². The number of rotatable bonds is 3. The van der Waals surface area contributed by atoms with E-state index in [9.17, 15) is 26.4 Å². The molecule has 0 saturated carbocycles. The lowest BCUT2D eigenvalue weighted by Crippen LogP contribution is -2.50. The molecule has 2 aromatic carbocycles. The topological polar surface area (TPSA) is 57.7 Å². The standard InChI is InChI=1S/C20H21F3N2O3S/c1-14-6-7-16(12-15(14)2)19(26)24-8-10-25(11-9-24)29(27,28)18-5-3-4-17(13-18)20(21,22)23/h3-7,12-13H,8-11H2,1-2H3. The maximum atomic E-state index is 12.9. The Labute approximate surface area is 167 Å². The summed E-state index contributed by atoms with van der Waals surface area (Å²) in [5, 5.41) is 0. The van der Waals surface area contributed by atoms with E-state index in [1.807, 2.05) is 19.9 Å². The molecule has 1 aliphatic rings. The molecule has 3 rings (SSSR count). The molecular formula is C20H21F3N2O3S. The highest BCUT2D eigenvalue weighted by atomic mass is 32.2. The van der Waals surface area contributed by atoms with Crippen LogP contribution in [0.1, 0.15) is 27.0 Å². The zero-order chi connectivity index (χ0) is 21.4. The van der Waals surface area contributed by atoms with Crippen LogP contribution >= 0.6 is 0 Å². The molecule has 2 aromatic rings. The molecule has 0 N–H and O–H groups in total. The second kappa shape index (κ2) is 7.79. The van der Waals surface area contributed by atoms with Gasteiger partial charge in [0, 0.05) is 31.7 Å². The number of amides is 1. The Morgan fingerprint density at radius 3 is 2.17 bits per heavy atom. The lowest BCUT2D eigenvalue weighted by atomic mass is 10.1. The van der Waals surface area contributed by atoms with E-state index in [-0.39, 0.29) is 32.1 Å². The van der Waals surface area contributed by atoms with E-state index in [4.69, 9.17) is 0 Å². The van der Waals surface area contributed by atoms with E-state index in [2.05, 4.69) is 0 Å². The van der Waals surface area contributed by atoms with Crippen molar-refractivity contribution in [1.82, 2.24) is 9.21 Å². The lowest BCUT2D eigenvalue weighted by molar-refractivity contribution is -0.137. The van der Waals surface area contributed by atoms with Gasteiger partial charge in [-0.25, -0.2) is 8.42 Å². The number of hydrogen-bond acceptors (Lipinski definition) is 3. The first-order chi connectivity index (χ1) is 13.5. The molecule has 0 aromatic heterocycles. The normalized spacial score (nSPS) is 16.1. The van der Waals surface area contributed by atoms with Crippen LogP contribution in [-0.2, 0) is 16.2 Å². The van der Waals surface area contributed by atoms with Crippen LogP contribution in [0.2, 0.25) is 0 Å². The van der Waals surface area contributed by atoms with Gasteiger partial charge in [-0.3, -0.25) is 4.79 Å². The molecule has 1 fully saturated rings. The van der Waals surface area contributed by atoms with Gasteiger partial charge < -0.3 is 4.90 Å². The van der Waals surface area contributed by atoms with Crippen molar-refractivity contribution >= 4 is 15.9 Å². The Bertz CT molecular complexity index is 1030. The van der Waals surface area contributed by atoms with Gasteiger partial charge in [0.05, 0.1) is 10.5 Å². The molecule has 1 heterocycles. The van der Waals surface area contributed by atoms with Crippen LogP contribution in [0.4, 0.5) is 13.2 Å². The fourth-order valence-corrected chi connectivity index (χ4v) is 4.64. The van der Waals surface area contributed by atoms with Gasteiger partial charge in [0.2, 0.25) is 10.0 Å². The number of sulfonamides is 1. The van der Waals surface area contributed by atoms with Crippen molar-refractivity contribution < 1.29 is 26.4 Å². The molecule has 0 unspecified atom stereocenters. The fraction of sp³-hybridized carbons (Fsp3) is 0.350. The van der Waals surface area contributed by atoms with Gasteiger partial charge in [-0.15, -0.1) is 0 Å². The Kier molecular flexibility index (Phi) is 5.73. The SMILES string of the molecule is Cc1ccc(C(=O)N2CCN(S(=O)(=O)c3cccc(C(F)(F)F)c3)CC2)cc1C. The van der Waals surface area contributed by atoms with Crippen LogP contribution in [0.3, 0.4) is 0 Å². The van der Waals surface area contributed by atoms with Gasteiger partial charge in [-0.2, -0.15) is 17.5 Å². The van der Waals surface area contributed by atoms with Crippen molar-refractivity contribution in [1.29, 1.82) is 0 Å². The minimum absolute atomic E-state index is 0.0230. The van der Waals surface area contributed by atoms with Crippen LogP contribution < -0.4 is 0 Å². The predicted octanol–water partition coefficient (Wildman–Crippen LogP) is 3.47. The van der Waals surface area contributed by atoms with Crippen LogP contribution in [0.15, 0.2) is 47.4 Å². The number of halogens is 3. The third-order valence-electron chi connectivity index (χ3n) is 5.08. The van der Waals surface area contributed by atoms with Gasteiger partial charge in [-0.1, -0.05) is 12.1 Å². The Hall–Kier alpha value is -2.39. The number of alkyl halides is 3. The molecule has 1 aliphatic heterocycles. The number of carbonyl (C=O) groups excluding carboxylic acids is 1. The number of benzene rings is 2. The molecule has 9 heteroatoms. The average molecular weight is 426 g/mol. The van der Waals surface area contributed by atoms with Crippen molar-refractivity contribution in [2.45, 2.75) is 24.9 Å². The van der Waals surface area contributed by atoms with E-state index >= 15 is 0 Å². The Balaban J connectivity index is 1.73. The van der Waals surface area contributed by atoms with Crippen molar-refractivity contribution in [3.8, 4) is 0 Å². The van der Waals surface area contributed by atoms with Crippen molar-refractivity contribution in [2.24, 2.45) is 0 Å². The van der Waals surface area contributed by atoms with E-state index in [0.717, 1.165) is 33.6 Å². The summed E-state index contributed by atoms with van der Waals surface area (Å²) in [6.07, 6.45) is -4.62. The summed E-state index contributed by atoms with van der Waals surface area (Å²) >= 11 is 0. The summed E-state index contributed by atoms with van der Waals surface area (Å²) < 4.78 is 65.3. The minimum atomic E-state index is -4.62. The van der Waals surface area contributed by atoms with Gasteiger partial charge >= 0.3 is 6.18 Å². The molecule has 0 aliphatic carbocycles. The highest BCUT2D eigenvalue weighted by Gasteiger charge is 2.34. The number of carbonyl (C=O) groups is 1. The number of hydrogen-bond donors (Lipinski definition) is 0. The van der Waals surface area contributed by atoms with Gasteiger partial charge in [0.25, 0.3) is 5.91 Å². The number of aryl methyl sites for hydroxylation is 2. The summed E-state index contributed by atoms with van der Waals surface area (Å²) in [6.45, 7) is 4.24. The first kappa shape index (κ1) is 21.3. The van der Waals surface area contributed by atoms with Crippen LogP contribution in [0, 0.1) is 13.8 Å². The van der Waals surface area contributed by atoms with E-state index in [0.29, 0.717) is 11.6 Å². The van der Waals surface area contributed by atoms with Crippen molar-refractivity contribution in [3.05, 3.63) is 64.7 Å². The van der Waals surface area contributed by atoms with Crippen molar-refractivity contribution in [3.63, 3.8) is 0 Å². The molecule has 0 bridgehead atoms. The summed E-state index contributed by atoms with van der Waals surface area (Å²) in [7, 11) is -4.08. The largest absolute Gasteiger partial charge is 0.416 e. The molecular weight excluding hydrogens is 405 g/mol. The maximum Gasteiger partial charge on any atom is 0.416 e. The zero-order valence-electron chi connectivity index (χ0n) is 16.0. The molecule has 29 heavy (non-hydrogen) atoms. The zero-order valence-corrected chi connectivity index (χ0v) is 16.8. The summed E-state index contributed by atoms with van der Waals surface area (Å²) in [4.78, 5) is 13.8. The second-order valence-electron chi connectivity index (χ2n) is 7.02. The average Bonchev–Trinajstić information content (AvgIpc) is 2.69. The van der Waals surface area contributed by atoms with E-state index in [1.165, 1.54) is 0 Å². The second-order valence-corrected chi connectivity index (χ2v) is 8.96. The third-order valence-corrected chi connectivity index (χ3v) is 6.97. The minimum Gasteiger partial charge on any atom is -0.336 e. The van der Waals surface area contributed by atoms with Gasteiger partial charge in [0.1, 0.15) is 0 Å². The summed E-state index contributed by atoms with van der Waals surface area (Å²) in [5.74, 6) is -0.191. The highest BCUT2D eigenvalue weighted by Crippen LogP contribution is 2.31. The molecule has 0 atom stereocenters. The summed E-state index contributed by atoms with van der Waals surface area (Å²) in [6, 6.07) is 9.09. The molecule has 1 amide bonds. The Morgan fingerprint density at radius 2 is 1.59 bits per heavy atom. The quantitative estimate of drug-likeness (QED) is 0.755. The monoisotopic (exact) mass is 426 g/mol. The molecule has 156 valence electrons. The van der Waals surface area contributed by atoms with Gasteiger partial charge in [-0.05, 0) is 55.3 Å². The molecule has 0 radical (unpaired) electrons. The lowest BCUT2D eigenvalue weighted by Gasteiger charge is -2.34. The van der Waals surface area contributed by atoms with Crippen LogP contribution in [0.25, 0.3) is 0 Å². The predicted molar refractivity (Wildman–Crippen MR) is 102 cm³/mol. The summed E-state index contributed by atoms with van der Waals surface area (Å²) in [5.41, 5.74) is 1.57. The highest BCUT2D eigenvalue weighted by molar-refractivity contribution is 7.89.